The summed E-state index contributed by atoms with van der Waals surface area (Å²) in [6, 6.07) is 10.9. The van der Waals surface area contributed by atoms with E-state index in [4.69, 9.17) is 5.14 Å². The van der Waals surface area contributed by atoms with Crippen molar-refractivity contribution in [2.24, 2.45) is 5.14 Å². The third kappa shape index (κ3) is 4.60. The number of nitrogens with one attached hydrogen (secondary N) is 1. The second kappa shape index (κ2) is 6.65. The van der Waals surface area contributed by atoms with Gasteiger partial charge in [-0.05, 0) is 41.5 Å². The number of benzene rings is 2. The zero-order valence-corrected chi connectivity index (χ0v) is 13.4. The molecule has 0 saturated heterocycles. The molecule has 0 unspecified atom stereocenters. The summed E-state index contributed by atoms with van der Waals surface area (Å²) in [7, 11) is -3.70. The molecule has 112 valence electrons. The van der Waals surface area contributed by atoms with Crippen LogP contribution >= 0.6 is 15.9 Å². The van der Waals surface area contributed by atoms with E-state index in [1.54, 1.807) is 18.2 Å². The van der Waals surface area contributed by atoms with Gasteiger partial charge in [0.2, 0.25) is 10.0 Å². The van der Waals surface area contributed by atoms with Crippen molar-refractivity contribution in [1.29, 1.82) is 0 Å². The molecular formula is C14H14BrFN2O2S. The summed E-state index contributed by atoms with van der Waals surface area (Å²) in [6.07, 6.45) is 0. The molecule has 0 aliphatic heterocycles. The van der Waals surface area contributed by atoms with Gasteiger partial charge in [-0.15, -0.1) is 0 Å². The lowest BCUT2D eigenvalue weighted by Gasteiger charge is -2.08. The average Bonchev–Trinajstić information content (AvgIpc) is 2.42. The van der Waals surface area contributed by atoms with E-state index in [1.165, 1.54) is 24.3 Å². The Kier molecular flexibility index (Phi) is 5.10. The highest BCUT2D eigenvalue weighted by molar-refractivity contribution is 9.10. The molecule has 2 aromatic rings. The van der Waals surface area contributed by atoms with E-state index in [1.807, 2.05) is 0 Å². The van der Waals surface area contributed by atoms with Gasteiger partial charge in [-0.1, -0.05) is 28.1 Å². The molecule has 0 spiro atoms. The van der Waals surface area contributed by atoms with Crippen LogP contribution in [-0.2, 0) is 23.1 Å². The lowest BCUT2D eigenvalue weighted by atomic mass is 10.2. The standard InChI is InChI=1S/C14H14BrFN2O2S/c15-14-5-4-12(16)7-11(14)9-18-8-10-2-1-3-13(6-10)21(17,19)20/h1-7,18H,8-9H2,(H2,17,19,20). The minimum absolute atomic E-state index is 0.0775. The molecule has 7 heteroatoms. The largest absolute Gasteiger partial charge is 0.309 e. The number of rotatable bonds is 5. The quantitative estimate of drug-likeness (QED) is 0.846. The van der Waals surface area contributed by atoms with Gasteiger partial charge in [0.1, 0.15) is 5.82 Å². The Hall–Kier alpha value is -1.28. The number of nitrogens with two attached hydrogens (primary N) is 1. The second-order valence-corrected chi connectivity index (χ2v) is 6.95. The summed E-state index contributed by atoms with van der Waals surface area (Å²) in [5, 5.41) is 8.22. The summed E-state index contributed by atoms with van der Waals surface area (Å²) in [4.78, 5) is 0.0775. The highest BCUT2D eigenvalue weighted by Crippen LogP contribution is 2.18. The highest BCUT2D eigenvalue weighted by Gasteiger charge is 2.08. The van der Waals surface area contributed by atoms with E-state index < -0.39 is 10.0 Å². The molecule has 0 aromatic heterocycles. The number of primary sulfonamides is 1. The van der Waals surface area contributed by atoms with Crippen molar-refractivity contribution < 1.29 is 12.8 Å². The van der Waals surface area contributed by atoms with Crippen molar-refractivity contribution in [1.82, 2.24) is 5.32 Å². The van der Waals surface area contributed by atoms with Crippen molar-refractivity contribution in [2.45, 2.75) is 18.0 Å². The normalized spacial score (nSPS) is 11.6. The third-order valence-corrected chi connectivity index (χ3v) is 4.56. The van der Waals surface area contributed by atoms with Crippen LogP contribution in [0.5, 0.6) is 0 Å². The van der Waals surface area contributed by atoms with Crippen LogP contribution in [0, 0.1) is 5.82 Å². The van der Waals surface area contributed by atoms with Crippen LogP contribution in [0.25, 0.3) is 0 Å². The summed E-state index contributed by atoms with van der Waals surface area (Å²) in [5.41, 5.74) is 1.58. The zero-order chi connectivity index (χ0) is 15.5. The van der Waals surface area contributed by atoms with Gasteiger partial charge in [-0.3, -0.25) is 0 Å². The molecule has 2 rings (SSSR count). The molecule has 4 nitrogen and oxygen atoms in total. The van der Waals surface area contributed by atoms with E-state index in [9.17, 15) is 12.8 Å². The summed E-state index contributed by atoms with van der Waals surface area (Å²) in [5.74, 6) is -0.300. The smallest absolute Gasteiger partial charge is 0.238 e. The molecular weight excluding hydrogens is 359 g/mol. The predicted molar refractivity (Wildman–Crippen MR) is 82.5 cm³/mol. The Labute approximate surface area is 131 Å². The number of sulfonamides is 1. The van der Waals surface area contributed by atoms with Crippen LogP contribution < -0.4 is 10.5 Å². The molecule has 0 radical (unpaired) electrons. The van der Waals surface area contributed by atoms with E-state index in [0.29, 0.717) is 13.1 Å². The summed E-state index contributed by atoms with van der Waals surface area (Å²) in [6.45, 7) is 0.907. The van der Waals surface area contributed by atoms with Crippen molar-refractivity contribution in [3.05, 3.63) is 63.9 Å². The predicted octanol–water partition coefficient (Wildman–Crippen LogP) is 2.53. The van der Waals surface area contributed by atoms with Crippen LogP contribution in [-0.4, -0.2) is 8.42 Å². The molecule has 0 heterocycles. The fourth-order valence-electron chi connectivity index (χ4n) is 1.85. The molecule has 0 aliphatic carbocycles. The Morgan fingerprint density at radius 3 is 2.62 bits per heavy atom. The SMILES string of the molecule is NS(=O)(=O)c1cccc(CNCc2cc(F)ccc2Br)c1. The molecule has 0 amide bonds. The second-order valence-electron chi connectivity index (χ2n) is 4.53. The molecule has 21 heavy (non-hydrogen) atoms. The molecule has 0 fully saturated rings. The first-order valence-electron chi connectivity index (χ1n) is 6.12. The number of hydrogen-bond acceptors (Lipinski definition) is 3. The van der Waals surface area contributed by atoms with E-state index in [0.717, 1.165) is 15.6 Å². The average molecular weight is 373 g/mol. The topological polar surface area (TPSA) is 72.2 Å². The maximum atomic E-state index is 13.2. The van der Waals surface area contributed by atoms with Crippen molar-refractivity contribution >= 4 is 26.0 Å². The highest BCUT2D eigenvalue weighted by atomic mass is 79.9. The lowest BCUT2D eigenvalue weighted by Crippen LogP contribution is -2.15. The zero-order valence-electron chi connectivity index (χ0n) is 11.0. The minimum Gasteiger partial charge on any atom is -0.309 e. The fraction of sp³-hybridized carbons (Fsp3) is 0.143. The summed E-state index contributed by atoms with van der Waals surface area (Å²) >= 11 is 3.35. The van der Waals surface area contributed by atoms with E-state index in [2.05, 4.69) is 21.2 Å². The van der Waals surface area contributed by atoms with Crippen molar-refractivity contribution in [3.63, 3.8) is 0 Å². The molecule has 0 bridgehead atoms. The number of halogens is 2. The van der Waals surface area contributed by atoms with Crippen LogP contribution in [0.3, 0.4) is 0 Å². The molecule has 0 saturated carbocycles. The monoisotopic (exact) mass is 372 g/mol. The Balaban J connectivity index is 2.02. The Morgan fingerprint density at radius 2 is 1.90 bits per heavy atom. The van der Waals surface area contributed by atoms with Crippen LogP contribution in [0.1, 0.15) is 11.1 Å². The maximum Gasteiger partial charge on any atom is 0.238 e. The minimum atomic E-state index is -3.70. The van der Waals surface area contributed by atoms with Gasteiger partial charge >= 0.3 is 0 Å². The van der Waals surface area contributed by atoms with Gasteiger partial charge in [-0.25, -0.2) is 17.9 Å². The maximum absolute atomic E-state index is 13.2. The lowest BCUT2D eigenvalue weighted by molar-refractivity contribution is 0.597. The fourth-order valence-corrected chi connectivity index (χ4v) is 2.82. The first-order chi connectivity index (χ1) is 9.86. The van der Waals surface area contributed by atoms with E-state index >= 15 is 0 Å². The van der Waals surface area contributed by atoms with Crippen LogP contribution in [0.15, 0.2) is 51.8 Å². The molecule has 0 atom stereocenters. The Morgan fingerprint density at radius 1 is 1.14 bits per heavy atom. The van der Waals surface area contributed by atoms with Crippen molar-refractivity contribution in [2.75, 3.05) is 0 Å². The van der Waals surface area contributed by atoms with Gasteiger partial charge < -0.3 is 5.32 Å². The Bertz CT molecular complexity index is 750. The van der Waals surface area contributed by atoms with Gasteiger partial charge in [0.15, 0.2) is 0 Å². The van der Waals surface area contributed by atoms with Crippen LogP contribution in [0.4, 0.5) is 4.39 Å². The van der Waals surface area contributed by atoms with E-state index in [-0.39, 0.29) is 10.7 Å². The van der Waals surface area contributed by atoms with Gasteiger partial charge in [-0.2, -0.15) is 0 Å². The van der Waals surface area contributed by atoms with Gasteiger partial charge in [0.05, 0.1) is 4.90 Å². The molecule has 3 N–H and O–H groups in total. The first kappa shape index (κ1) is 16.1. The van der Waals surface area contributed by atoms with Gasteiger partial charge in [0.25, 0.3) is 0 Å². The number of hydrogen-bond donors (Lipinski definition) is 2. The van der Waals surface area contributed by atoms with Crippen LogP contribution in [0.2, 0.25) is 0 Å². The van der Waals surface area contributed by atoms with Crippen molar-refractivity contribution in [3.8, 4) is 0 Å². The third-order valence-electron chi connectivity index (χ3n) is 2.88. The molecule has 0 aliphatic rings. The molecule has 2 aromatic carbocycles. The first-order valence-corrected chi connectivity index (χ1v) is 8.46. The summed E-state index contributed by atoms with van der Waals surface area (Å²) < 4.78 is 36.5. The van der Waals surface area contributed by atoms with Gasteiger partial charge in [0, 0.05) is 17.6 Å².